The van der Waals surface area contributed by atoms with Crippen LogP contribution in [-0.4, -0.2) is 14.8 Å². The van der Waals surface area contributed by atoms with E-state index >= 15 is 0 Å². The molecule has 2 heterocycles. The zero-order chi connectivity index (χ0) is 14.7. The number of pyridine rings is 1. The normalized spacial score (nSPS) is 10.8. The summed E-state index contributed by atoms with van der Waals surface area (Å²) in [6.07, 6.45) is 0.884. The summed E-state index contributed by atoms with van der Waals surface area (Å²) in [5.74, 6) is 1.02. The van der Waals surface area contributed by atoms with Gasteiger partial charge in [-0.3, -0.25) is 4.68 Å². The lowest BCUT2D eigenvalue weighted by Gasteiger charge is -2.10. The zero-order valence-corrected chi connectivity index (χ0v) is 13.6. The third kappa shape index (κ3) is 2.95. The molecule has 0 aliphatic heterocycles. The maximum absolute atomic E-state index is 5.86. The predicted octanol–water partition coefficient (Wildman–Crippen LogP) is 3.09. The molecule has 5 nitrogen and oxygen atoms in total. The molecule has 0 spiro atoms. The number of hydrogen-bond donors (Lipinski definition) is 1. The first-order valence-electron chi connectivity index (χ1n) is 6.66. The van der Waals surface area contributed by atoms with Crippen LogP contribution in [0.4, 0.5) is 5.82 Å². The monoisotopic (exact) mass is 338 g/mol. The molecule has 0 bridgehead atoms. The van der Waals surface area contributed by atoms with Gasteiger partial charge in [-0.1, -0.05) is 6.92 Å². The number of ether oxygens (including phenoxy) is 1. The second kappa shape index (κ2) is 6.26. The SMILES string of the molecule is CCc1nn(CC)c(COc2ccc(C)nc2N)c1Br. The first kappa shape index (κ1) is 14.8. The minimum atomic E-state index is 0.413. The fraction of sp³-hybridized carbons (Fsp3) is 0.429. The van der Waals surface area contributed by atoms with Crippen molar-refractivity contribution in [3.05, 3.63) is 33.7 Å². The van der Waals surface area contributed by atoms with E-state index in [1.54, 1.807) is 0 Å². The van der Waals surface area contributed by atoms with E-state index in [-0.39, 0.29) is 0 Å². The number of halogens is 1. The summed E-state index contributed by atoms with van der Waals surface area (Å²) in [6, 6.07) is 3.73. The van der Waals surface area contributed by atoms with E-state index in [0.717, 1.165) is 34.5 Å². The molecule has 0 aliphatic carbocycles. The summed E-state index contributed by atoms with van der Waals surface area (Å²) >= 11 is 3.60. The number of rotatable bonds is 5. The molecule has 2 aromatic rings. The summed E-state index contributed by atoms with van der Waals surface area (Å²) in [4.78, 5) is 4.19. The van der Waals surface area contributed by atoms with Crippen molar-refractivity contribution in [3.8, 4) is 5.75 Å². The summed E-state index contributed by atoms with van der Waals surface area (Å²) in [5, 5.41) is 4.54. The van der Waals surface area contributed by atoms with Gasteiger partial charge in [-0.2, -0.15) is 5.10 Å². The van der Waals surface area contributed by atoms with Crippen LogP contribution in [-0.2, 0) is 19.6 Å². The smallest absolute Gasteiger partial charge is 0.166 e. The van der Waals surface area contributed by atoms with Gasteiger partial charge in [0.25, 0.3) is 0 Å². The van der Waals surface area contributed by atoms with Crippen molar-refractivity contribution in [2.24, 2.45) is 0 Å². The number of aryl methyl sites for hydroxylation is 3. The van der Waals surface area contributed by atoms with Gasteiger partial charge in [0.15, 0.2) is 11.6 Å². The quantitative estimate of drug-likeness (QED) is 0.909. The van der Waals surface area contributed by atoms with E-state index in [0.29, 0.717) is 18.2 Å². The summed E-state index contributed by atoms with van der Waals surface area (Å²) in [5.41, 5.74) is 8.79. The fourth-order valence-corrected chi connectivity index (χ4v) is 2.67. The molecule has 20 heavy (non-hydrogen) atoms. The molecular formula is C14H19BrN4O. The topological polar surface area (TPSA) is 66.0 Å². The van der Waals surface area contributed by atoms with E-state index in [9.17, 15) is 0 Å². The third-order valence-electron chi connectivity index (χ3n) is 3.08. The Hall–Kier alpha value is -1.56. The van der Waals surface area contributed by atoms with Crippen molar-refractivity contribution in [1.29, 1.82) is 0 Å². The molecule has 0 saturated heterocycles. The Morgan fingerprint density at radius 3 is 2.70 bits per heavy atom. The summed E-state index contributed by atoms with van der Waals surface area (Å²) in [7, 11) is 0. The van der Waals surface area contributed by atoms with Crippen molar-refractivity contribution in [2.75, 3.05) is 5.73 Å². The minimum absolute atomic E-state index is 0.413. The van der Waals surface area contributed by atoms with Crippen LogP contribution in [0.25, 0.3) is 0 Å². The van der Waals surface area contributed by atoms with Crippen molar-refractivity contribution >= 4 is 21.7 Å². The van der Waals surface area contributed by atoms with Crippen LogP contribution in [0.15, 0.2) is 16.6 Å². The van der Waals surface area contributed by atoms with Crippen LogP contribution < -0.4 is 10.5 Å². The molecule has 0 saturated carbocycles. The maximum atomic E-state index is 5.86. The second-order valence-corrected chi connectivity index (χ2v) is 5.29. The van der Waals surface area contributed by atoms with Gasteiger partial charge in [-0.15, -0.1) is 0 Å². The molecule has 108 valence electrons. The first-order chi connectivity index (χ1) is 9.56. The van der Waals surface area contributed by atoms with Crippen molar-refractivity contribution in [3.63, 3.8) is 0 Å². The van der Waals surface area contributed by atoms with Crippen molar-refractivity contribution in [2.45, 2.75) is 40.3 Å². The Balaban J connectivity index is 2.20. The minimum Gasteiger partial charge on any atom is -0.483 e. The number of hydrogen-bond acceptors (Lipinski definition) is 4. The van der Waals surface area contributed by atoms with Gasteiger partial charge in [0, 0.05) is 12.2 Å². The van der Waals surface area contributed by atoms with Crippen LogP contribution in [0, 0.1) is 6.92 Å². The molecule has 2 rings (SSSR count). The number of nitrogens with zero attached hydrogens (tertiary/aromatic N) is 3. The molecule has 0 fully saturated rings. The standard InChI is InChI=1S/C14H19BrN4O/c1-4-10-13(15)11(19(5-2)18-10)8-20-12-7-6-9(3)17-14(12)16/h6-7H,4-5,8H2,1-3H3,(H2,16,17). The van der Waals surface area contributed by atoms with Crippen molar-refractivity contribution in [1.82, 2.24) is 14.8 Å². The van der Waals surface area contributed by atoms with Gasteiger partial charge in [0.1, 0.15) is 6.61 Å². The van der Waals surface area contributed by atoms with Gasteiger partial charge < -0.3 is 10.5 Å². The van der Waals surface area contributed by atoms with Gasteiger partial charge in [0.2, 0.25) is 0 Å². The lowest BCUT2D eigenvalue weighted by molar-refractivity contribution is 0.292. The van der Waals surface area contributed by atoms with Crippen LogP contribution in [0.2, 0.25) is 0 Å². The number of aromatic nitrogens is 3. The molecule has 2 aromatic heterocycles. The van der Waals surface area contributed by atoms with Crippen LogP contribution in [0.1, 0.15) is 30.9 Å². The average molecular weight is 339 g/mol. The Bertz CT molecular complexity index is 609. The largest absolute Gasteiger partial charge is 0.483 e. The van der Waals surface area contributed by atoms with E-state index in [1.165, 1.54) is 0 Å². The molecule has 0 unspecified atom stereocenters. The fourth-order valence-electron chi connectivity index (χ4n) is 1.99. The van der Waals surface area contributed by atoms with E-state index in [2.05, 4.69) is 39.9 Å². The molecule has 0 aromatic carbocycles. The Morgan fingerprint density at radius 2 is 2.10 bits per heavy atom. The van der Waals surface area contributed by atoms with Gasteiger partial charge in [0.05, 0.1) is 15.9 Å². The summed E-state index contributed by atoms with van der Waals surface area (Å²) in [6.45, 7) is 7.26. The molecule has 0 radical (unpaired) electrons. The predicted molar refractivity (Wildman–Crippen MR) is 82.7 cm³/mol. The lowest BCUT2D eigenvalue weighted by atomic mass is 10.3. The number of nitrogens with two attached hydrogens (primary N) is 1. The van der Waals surface area contributed by atoms with Crippen molar-refractivity contribution < 1.29 is 4.74 Å². The van der Waals surface area contributed by atoms with Gasteiger partial charge in [-0.25, -0.2) is 4.98 Å². The number of nitrogen functional groups attached to an aromatic ring is 1. The molecule has 6 heteroatoms. The summed E-state index contributed by atoms with van der Waals surface area (Å²) < 4.78 is 8.74. The third-order valence-corrected chi connectivity index (χ3v) is 4.00. The Kier molecular flexibility index (Phi) is 4.65. The van der Waals surface area contributed by atoms with E-state index < -0.39 is 0 Å². The molecule has 0 amide bonds. The molecular weight excluding hydrogens is 320 g/mol. The van der Waals surface area contributed by atoms with Crippen LogP contribution in [0.5, 0.6) is 5.75 Å². The maximum Gasteiger partial charge on any atom is 0.166 e. The zero-order valence-electron chi connectivity index (χ0n) is 12.0. The van der Waals surface area contributed by atoms with Crippen LogP contribution in [0.3, 0.4) is 0 Å². The average Bonchev–Trinajstić information content (AvgIpc) is 2.74. The first-order valence-corrected chi connectivity index (χ1v) is 7.46. The highest BCUT2D eigenvalue weighted by Crippen LogP contribution is 2.25. The second-order valence-electron chi connectivity index (χ2n) is 4.50. The van der Waals surface area contributed by atoms with E-state index in [1.807, 2.05) is 23.7 Å². The van der Waals surface area contributed by atoms with Crippen LogP contribution >= 0.6 is 15.9 Å². The Morgan fingerprint density at radius 1 is 1.35 bits per heavy atom. The molecule has 0 atom stereocenters. The highest BCUT2D eigenvalue weighted by atomic mass is 79.9. The van der Waals surface area contributed by atoms with Gasteiger partial charge >= 0.3 is 0 Å². The Labute approximate surface area is 127 Å². The molecule has 2 N–H and O–H groups in total. The number of anilines is 1. The molecule has 0 aliphatic rings. The lowest BCUT2D eigenvalue weighted by Crippen LogP contribution is -2.08. The van der Waals surface area contributed by atoms with Gasteiger partial charge in [-0.05, 0) is 48.3 Å². The van der Waals surface area contributed by atoms with E-state index in [4.69, 9.17) is 10.5 Å². The highest BCUT2D eigenvalue weighted by molar-refractivity contribution is 9.10. The highest BCUT2D eigenvalue weighted by Gasteiger charge is 2.15.